The van der Waals surface area contributed by atoms with Crippen LogP contribution in [-0.4, -0.2) is 129 Å². The van der Waals surface area contributed by atoms with E-state index in [0.29, 0.717) is 25.1 Å². The molecule has 0 radical (unpaired) electrons. The standard InChI is InChI=1S/C40H71N7O6/c1-13-26(6)36(46(10)40(51)34(24(2)3)44-39(50)35(25(4)5)45(8)9)32(52-11)22-33(48)47-20-14-15-31(47)37(53-12)27(7)38(49)43-30(23-41)21-28-16-18-29(42)19-17-28/h16-19,24-27,30-32,34-37H,13-15,20-23,41-42H2,1-12H3,(H,43,49)(H,44,50)/t26-,27+,30-,31-,32+,34-,35?,36-,37+/m0/s1. The van der Waals surface area contributed by atoms with Crippen LogP contribution < -0.4 is 22.1 Å². The van der Waals surface area contributed by atoms with Crippen molar-refractivity contribution in [2.45, 2.75) is 123 Å². The molecule has 0 spiro atoms. The molecule has 13 nitrogen and oxygen atoms in total. The first-order chi connectivity index (χ1) is 24.9. The molecule has 9 atom stereocenters. The van der Waals surface area contributed by atoms with Crippen LogP contribution in [-0.2, 0) is 35.1 Å². The van der Waals surface area contributed by atoms with E-state index in [2.05, 4.69) is 17.6 Å². The molecule has 1 aliphatic heterocycles. The minimum atomic E-state index is -0.753. The summed E-state index contributed by atoms with van der Waals surface area (Å²) in [6.07, 6.45) is 1.67. The van der Waals surface area contributed by atoms with E-state index >= 15 is 0 Å². The van der Waals surface area contributed by atoms with Gasteiger partial charge in [-0.25, -0.2) is 0 Å². The first-order valence-electron chi connectivity index (χ1n) is 19.4. The Kier molecular flexibility index (Phi) is 18.7. The second kappa shape index (κ2) is 21.6. The molecule has 4 amide bonds. The molecule has 1 aromatic carbocycles. The number of amides is 4. The zero-order chi connectivity index (χ0) is 40.2. The van der Waals surface area contributed by atoms with Crippen molar-refractivity contribution in [3.8, 4) is 0 Å². The third-order valence-electron chi connectivity index (χ3n) is 11.0. The molecule has 0 bridgehead atoms. The highest BCUT2D eigenvalue weighted by atomic mass is 16.5. The van der Waals surface area contributed by atoms with Gasteiger partial charge in [-0.2, -0.15) is 0 Å². The largest absolute Gasteiger partial charge is 0.399 e. The maximum atomic E-state index is 14.2. The maximum Gasteiger partial charge on any atom is 0.245 e. The number of nitrogen functional groups attached to an aromatic ring is 1. The van der Waals surface area contributed by atoms with E-state index in [4.69, 9.17) is 20.9 Å². The molecule has 2 rings (SSSR count). The van der Waals surface area contributed by atoms with Crippen molar-refractivity contribution >= 4 is 29.3 Å². The molecular formula is C40H71N7O6. The van der Waals surface area contributed by atoms with Crippen LogP contribution >= 0.6 is 0 Å². The van der Waals surface area contributed by atoms with Crippen LogP contribution in [0.5, 0.6) is 0 Å². The number of anilines is 1. The van der Waals surface area contributed by atoms with Gasteiger partial charge in [0.05, 0.1) is 42.7 Å². The van der Waals surface area contributed by atoms with E-state index in [1.807, 2.05) is 89.7 Å². The maximum absolute atomic E-state index is 14.2. The summed E-state index contributed by atoms with van der Waals surface area (Å²) in [6, 6.07) is 5.33. The lowest BCUT2D eigenvalue weighted by molar-refractivity contribution is -0.148. The molecule has 1 unspecified atom stereocenters. The first kappa shape index (κ1) is 45.9. The summed E-state index contributed by atoms with van der Waals surface area (Å²) >= 11 is 0. The highest BCUT2D eigenvalue weighted by molar-refractivity contribution is 5.90. The number of nitrogens with zero attached hydrogens (tertiary/aromatic N) is 3. The number of methoxy groups -OCH3 is 2. The number of likely N-dealkylation sites (tertiary alicyclic amines) is 1. The zero-order valence-corrected chi connectivity index (χ0v) is 34.6. The van der Waals surface area contributed by atoms with Gasteiger partial charge in [0.15, 0.2) is 0 Å². The van der Waals surface area contributed by atoms with Gasteiger partial charge in [0.1, 0.15) is 6.04 Å². The van der Waals surface area contributed by atoms with Crippen molar-refractivity contribution in [1.29, 1.82) is 0 Å². The third-order valence-corrected chi connectivity index (χ3v) is 11.0. The van der Waals surface area contributed by atoms with Crippen LogP contribution in [0.15, 0.2) is 24.3 Å². The van der Waals surface area contributed by atoms with Crippen LogP contribution in [0.2, 0.25) is 0 Å². The van der Waals surface area contributed by atoms with E-state index in [1.165, 1.54) is 0 Å². The Hall–Kier alpha value is -3.26. The number of hydrogen-bond acceptors (Lipinski definition) is 9. The van der Waals surface area contributed by atoms with Crippen molar-refractivity contribution in [3.63, 3.8) is 0 Å². The lowest BCUT2D eigenvalue weighted by Crippen LogP contribution is -2.59. The smallest absolute Gasteiger partial charge is 0.245 e. The molecule has 0 aliphatic carbocycles. The summed E-state index contributed by atoms with van der Waals surface area (Å²) in [7, 11) is 8.61. The molecule has 1 aliphatic rings. The van der Waals surface area contributed by atoms with Crippen molar-refractivity contribution in [2.75, 3.05) is 54.2 Å². The van der Waals surface area contributed by atoms with Crippen LogP contribution in [0, 0.1) is 23.7 Å². The minimum absolute atomic E-state index is 0.0102. The number of likely N-dealkylation sites (N-methyl/N-ethyl adjacent to an activating group) is 2. The van der Waals surface area contributed by atoms with Gasteiger partial charge in [-0.3, -0.25) is 24.1 Å². The number of carbonyl (C=O) groups excluding carboxylic acids is 4. The Bertz CT molecular complexity index is 1300. The average molecular weight is 746 g/mol. The Morgan fingerprint density at radius 3 is 2.04 bits per heavy atom. The molecular weight excluding hydrogens is 674 g/mol. The summed E-state index contributed by atoms with van der Waals surface area (Å²) in [6.45, 7) is 14.5. The topological polar surface area (TPSA) is 173 Å². The molecule has 1 saturated heterocycles. The Labute approximate surface area is 319 Å². The van der Waals surface area contributed by atoms with Gasteiger partial charge in [0.2, 0.25) is 23.6 Å². The summed E-state index contributed by atoms with van der Waals surface area (Å²) in [5.41, 5.74) is 13.6. The van der Waals surface area contributed by atoms with Gasteiger partial charge < -0.3 is 41.4 Å². The Balaban J connectivity index is 2.25. The molecule has 13 heteroatoms. The van der Waals surface area contributed by atoms with E-state index in [0.717, 1.165) is 18.4 Å². The Morgan fingerprint density at radius 1 is 0.925 bits per heavy atom. The summed E-state index contributed by atoms with van der Waals surface area (Å²) in [5, 5.41) is 6.13. The van der Waals surface area contributed by atoms with Crippen LogP contribution in [0.25, 0.3) is 0 Å². The van der Waals surface area contributed by atoms with Crippen molar-refractivity contribution in [1.82, 2.24) is 25.3 Å². The second-order valence-corrected chi connectivity index (χ2v) is 15.9. The molecule has 53 heavy (non-hydrogen) atoms. The van der Waals surface area contributed by atoms with Crippen LogP contribution in [0.4, 0.5) is 5.69 Å². The summed E-state index contributed by atoms with van der Waals surface area (Å²) < 4.78 is 12.0. The highest BCUT2D eigenvalue weighted by Crippen LogP contribution is 2.30. The van der Waals surface area contributed by atoms with Gasteiger partial charge >= 0.3 is 0 Å². The van der Waals surface area contributed by atoms with Crippen molar-refractivity contribution in [3.05, 3.63) is 29.8 Å². The fraction of sp³-hybridized carbons (Fsp3) is 0.750. The van der Waals surface area contributed by atoms with Gasteiger partial charge in [-0.15, -0.1) is 0 Å². The average Bonchev–Trinajstić information content (AvgIpc) is 3.59. The van der Waals surface area contributed by atoms with Gasteiger partial charge in [-0.1, -0.05) is 67.0 Å². The van der Waals surface area contributed by atoms with E-state index in [1.54, 1.807) is 26.2 Å². The van der Waals surface area contributed by atoms with Crippen LogP contribution in [0.3, 0.4) is 0 Å². The number of nitrogens with one attached hydrogen (secondary N) is 2. The van der Waals surface area contributed by atoms with E-state index in [9.17, 15) is 19.2 Å². The normalized spacial score (nSPS) is 19.3. The van der Waals surface area contributed by atoms with Crippen molar-refractivity contribution < 1.29 is 28.7 Å². The third kappa shape index (κ3) is 12.4. The lowest BCUT2D eigenvalue weighted by Gasteiger charge is -2.41. The van der Waals surface area contributed by atoms with Gasteiger partial charge in [0.25, 0.3) is 0 Å². The van der Waals surface area contributed by atoms with Crippen LogP contribution in [0.1, 0.15) is 79.7 Å². The molecule has 0 saturated carbocycles. The summed E-state index contributed by atoms with van der Waals surface area (Å²) in [5.74, 6) is -1.41. The second-order valence-electron chi connectivity index (χ2n) is 15.9. The number of hydrogen-bond donors (Lipinski definition) is 4. The van der Waals surface area contributed by atoms with Crippen molar-refractivity contribution in [2.24, 2.45) is 29.4 Å². The number of nitrogens with two attached hydrogens (primary N) is 2. The minimum Gasteiger partial charge on any atom is -0.399 e. The fourth-order valence-electron chi connectivity index (χ4n) is 7.88. The van der Waals surface area contributed by atoms with E-state index in [-0.39, 0.29) is 72.5 Å². The lowest BCUT2D eigenvalue weighted by atomic mass is 9.89. The molecule has 0 aromatic heterocycles. The predicted octanol–water partition coefficient (Wildman–Crippen LogP) is 2.90. The molecule has 302 valence electrons. The number of benzene rings is 1. The molecule has 6 N–H and O–H groups in total. The quantitative estimate of drug-likeness (QED) is 0.138. The molecule has 1 aromatic rings. The highest BCUT2D eigenvalue weighted by Gasteiger charge is 2.43. The Morgan fingerprint density at radius 2 is 1.55 bits per heavy atom. The first-order valence-corrected chi connectivity index (χ1v) is 19.4. The molecule has 1 fully saturated rings. The molecule has 1 heterocycles. The number of carbonyl (C=O) groups is 4. The summed E-state index contributed by atoms with van der Waals surface area (Å²) in [4.78, 5) is 60.8. The SMILES string of the molecule is CC[C@H](C)[C@@H]([C@@H](CC(=O)N1CCC[C@H]1[C@H](OC)[C@@H](C)C(=O)N[C@H](CN)Cc1ccc(N)cc1)OC)N(C)C(=O)[C@@H](NC(=O)C(C(C)C)N(C)C)C(C)C. The fourth-order valence-corrected chi connectivity index (χ4v) is 7.88. The zero-order valence-electron chi connectivity index (χ0n) is 34.6. The van der Waals surface area contributed by atoms with Gasteiger partial charge in [-0.05, 0) is 68.8 Å². The van der Waals surface area contributed by atoms with Gasteiger partial charge in [0, 0.05) is 46.1 Å². The number of ether oxygens (including phenoxy) is 2. The number of rotatable bonds is 21. The predicted molar refractivity (Wildman–Crippen MR) is 211 cm³/mol. The van der Waals surface area contributed by atoms with E-state index < -0.39 is 30.2 Å². The monoisotopic (exact) mass is 746 g/mol.